The maximum absolute atomic E-state index is 12.3. The van der Waals surface area contributed by atoms with E-state index in [1.165, 1.54) is 0 Å². The second-order valence-corrected chi connectivity index (χ2v) is 6.66. The van der Waals surface area contributed by atoms with Gasteiger partial charge in [-0.15, -0.1) is 10.2 Å². The van der Waals surface area contributed by atoms with Crippen LogP contribution in [0.3, 0.4) is 0 Å². The number of anilines is 1. The summed E-state index contributed by atoms with van der Waals surface area (Å²) in [6, 6.07) is 5.71. The van der Waals surface area contributed by atoms with Crippen LogP contribution in [0.5, 0.6) is 11.5 Å². The van der Waals surface area contributed by atoms with Gasteiger partial charge in [-0.1, -0.05) is 26.8 Å². The van der Waals surface area contributed by atoms with Gasteiger partial charge in [-0.05, 0) is 24.1 Å². The number of benzene rings is 1. The molecule has 0 aliphatic rings. The first-order valence-electron chi connectivity index (χ1n) is 7.98. The van der Waals surface area contributed by atoms with Gasteiger partial charge in [0.25, 0.3) is 5.56 Å². The van der Waals surface area contributed by atoms with E-state index in [4.69, 9.17) is 15.3 Å². The van der Waals surface area contributed by atoms with Crippen LogP contribution >= 0.6 is 0 Å². The number of nitrogens with two attached hydrogens (primary N) is 1. The first-order chi connectivity index (χ1) is 11.8. The molecule has 0 fully saturated rings. The molecule has 0 spiro atoms. The van der Waals surface area contributed by atoms with E-state index in [1.54, 1.807) is 14.2 Å². The van der Waals surface area contributed by atoms with E-state index in [-0.39, 0.29) is 11.5 Å². The number of aromatic nitrogens is 3. The molecule has 0 radical (unpaired) electrons. The predicted octanol–water partition coefficient (Wildman–Crippen LogP) is 1.32. The van der Waals surface area contributed by atoms with Gasteiger partial charge < -0.3 is 20.6 Å². The van der Waals surface area contributed by atoms with Gasteiger partial charge in [-0.2, -0.15) is 4.68 Å². The van der Waals surface area contributed by atoms with E-state index in [1.807, 2.05) is 39.0 Å². The molecule has 3 N–H and O–H groups in total. The van der Waals surface area contributed by atoms with E-state index >= 15 is 0 Å². The average Bonchev–Trinajstić information content (AvgIpc) is 2.57. The van der Waals surface area contributed by atoms with E-state index in [0.29, 0.717) is 30.2 Å². The van der Waals surface area contributed by atoms with Crippen molar-refractivity contribution in [2.75, 3.05) is 31.9 Å². The Morgan fingerprint density at radius 1 is 1.16 bits per heavy atom. The lowest BCUT2D eigenvalue weighted by molar-refractivity contribution is 0.354. The Bertz CT molecular complexity index is 796. The van der Waals surface area contributed by atoms with Crippen molar-refractivity contribution >= 4 is 5.95 Å². The molecule has 0 atom stereocenters. The molecule has 2 aromatic rings. The van der Waals surface area contributed by atoms with Gasteiger partial charge in [0, 0.05) is 12.0 Å². The van der Waals surface area contributed by atoms with Gasteiger partial charge in [0.2, 0.25) is 5.95 Å². The molecular formula is C17H25N5O3. The van der Waals surface area contributed by atoms with E-state index < -0.39 is 5.41 Å². The number of hydrogen-bond donors (Lipinski definition) is 2. The zero-order valence-corrected chi connectivity index (χ0v) is 15.3. The number of methoxy groups -OCH3 is 2. The van der Waals surface area contributed by atoms with Gasteiger partial charge in [0.1, 0.15) is 5.69 Å². The molecule has 25 heavy (non-hydrogen) atoms. The molecule has 136 valence electrons. The van der Waals surface area contributed by atoms with E-state index in [0.717, 1.165) is 10.2 Å². The quantitative estimate of drug-likeness (QED) is 0.759. The van der Waals surface area contributed by atoms with Crippen molar-refractivity contribution in [3.05, 3.63) is 39.8 Å². The standard InChI is InChI=1S/C17H25N5O3/c1-17(2,3)14-15(23)22(18)16(21-20-14)19-9-8-11-6-7-12(24-4)13(10-11)25-5/h6-7,10H,8-9,18H2,1-5H3,(H,19,21). The zero-order valence-electron chi connectivity index (χ0n) is 15.3. The minimum Gasteiger partial charge on any atom is -0.493 e. The third-order valence-electron chi connectivity index (χ3n) is 3.75. The Balaban J connectivity index is 2.08. The molecule has 0 saturated heterocycles. The molecule has 1 aromatic heterocycles. The molecule has 1 aromatic carbocycles. The Hall–Kier alpha value is -2.77. The molecule has 1 heterocycles. The summed E-state index contributed by atoms with van der Waals surface area (Å²) in [6.07, 6.45) is 0.692. The minimum absolute atomic E-state index is 0.235. The normalized spacial score (nSPS) is 11.2. The molecule has 8 heteroatoms. The Labute approximate surface area is 146 Å². The lowest BCUT2D eigenvalue weighted by Crippen LogP contribution is -2.38. The van der Waals surface area contributed by atoms with Crippen molar-refractivity contribution in [2.24, 2.45) is 0 Å². The van der Waals surface area contributed by atoms with Crippen LogP contribution in [0.25, 0.3) is 0 Å². The summed E-state index contributed by atoms with van der Waals surface area (Å²) in [5, 5.41) is 11.1. The van der Waals surface area contributed by atoms with Crippen LogP contribution in [0.2, 0.25) is 0 Å². The second kappa shape index (κ2) is 7.42. The monoisotopic (exact) mass is 347 g/mol. The smallest absolute Gasteiger partial charge is 0.295 e. The van der Waals surface area contributed by atoms with Gasteiger partial charge in [-0.25, -0.2) is 0 Å². The van der Waals surface area contributed by atoms with Gasteiger partial charge in [0.15, 0.2) is 11.5 Å². The maximum atomic E-state index is 12.3. The van der Waals surface area contributed by atoms with Crippen molar-refractivity contribution in [1.82, 2.24) is 14.9 Å². The third-order valence-corrected chi connectivity index (χ3v) is 3.75. The lowest BCUT2D eigenvalue weighted by Gasteiger charge is -2.17. The highest BCUT2D eigenvalue weighted by Crippen LogP contribution is 2.27. The summed E-state index contributed by atoms with van der Waals surface area (Å²) in [5.74, 6) is 7.43. The lowest BCUT2D eigenvalue weighted by atomic mass is 9.93. The molecule has 0 aliphatic carbocycles. The number of rotatable bonds is 6. The largest absolute Gasteiger partial charge is 0.493 e. The van der Waals surface area contributed by atoms with Crippen LogP contribution in [0.15, 0.2) is 23.0 Å². The fourth-order valence-electron chi connectivity index (χ4n) is 2.34. The second-order valence-electron chi connectivity index (χ2n) is 6.66. The van der Waals surface area contributed by atoms with Crippen LogP contribution in [-0.4, -0.2) is 35.6 Å². The summed E-state index contributed by atoms with van der Waals surface area (Å²) < 4.78 is 11.5. The van der Waals surface area contributed by atoms with Crippen LogP contribution in [-0.2, 0) is 11.8 Å². The highest BCUT2D eigenvalue weighted by molar-refractivity contribution is 5.43. The van der Waals surface area contributed by atoms with Crippen LogP contribution < -0.4 is 26.2 Å². The SMILES string of the molecule is COc1ccc(CCNc2nnc(C(C)(C)C)c(=O)n2N)cc1OC. The molecule has 0 bridgehead atoms. The van der Waals surface area contributed by atoms with Crippen molar-refractivity contribution in [1.29, 1.82) is 0 Å². The van der Waals surface area contributed by atoms with E-state index in [9.17, 15) is 4.79 Å². The minimum atomic E-state index is -0.413. The number of ether oxygens (including phenoxy) is 2. The number of nitrogen functional groups attached to an aromatic ring is 1. The number of hydrogen-bond acceptors (Lipinski definition) is 7. The Morgan fingerprint density at radius 3 is 2.44 bits per heavy atom. The van der Waals surface area contributed by atoms with E-state index in [2.05, 4.69) is 15.5 Å². The van der Waals surface area contributed by atoms with Crippen molar-refractivity contribution in [3.8, 4) is 11.5 Å². The molecule has 0 saturated carbocycles. The predicted molar refractivity (Wildman–Crippen MR) is 96.9 cm³/mol. The van der Waals surface area contributed by atoms with Crippen molar-refractivity contribution in [2.45, 2.75) is 32.6 Å². The van der Waals surface area contributed by atoms with Crippen LogP contribution in [0.1, 0.15) is 32.0 Å². The topological polar surface area (TPSA) is 104 Å². The first kappa shape index (κ1) is 18.6. The fraction of sp³-hybridized carbons (Fsp3) is 0.471. The Morgan fingerprint density at radius 2 is 1.84 bits per heavy atom. The van der Waals surface area contributed by atoms with Crippen LogP contribution in [0.4, 0.5) is 5.95 Å². The van der Waals surface area contributed by atoms with Gasteiger partial charge in [-0.3, -0.25) is 4.79 Å². The Kier molecular flexibility index (Phi) is 5.51. The molecular weight excluding hydrogens is 322 g/mol. The fourth-order valence-corrected chi connectivity index (χ4v) is 2.34. The zero-order chi connectivity index (χ0) is 18.6. The van der Waals surface area contributed by atoms with Crippen LogP contribution in [0, 0.1) is 0 Å². The highest BCUT2D eigenvalue weighted by atomic mass is 16.5. The summed E-state index contributed by atoms with van der Waals surface area (Å²) in [7, 11) is 3.19. The molecule has 0 aliphatic heterocycles. The molecule has 2 rings (SSSR count). The number of nitrogens with one attached hydrogen (secondary N) is 1. The number of nitrogens with zero attached hydrogens (tertiary/aromatic N) is 3. The highest BCUT2D eigenvalue weighted by Gasteiger charge is 2.22. The summed E-state index contributed by atoms with van der Waals surface area (Å²) >= 11 is 0. The molecule has 8 nitrogen and oxygen atoms in total. The van der Waals surface area contributed by atoms with Gasteiger partial charge in [0.05, 0.1) is 14.2 Å². The third kappa shape index (κ3) is 4.20. The molecule has 0 unspecified atom stereocenters. The average molecular weight is 347 g/mol. The summed E-state index contributed by atoms with van der Waals surface area (Å²) in [5.41, 5.74) is 0.621. The van der Waals surface area contributed by atoms with Crippen molar-refractivity contribution in [3.63, 3.8) is 0 Å². The summed E-state index contributed by atoms with van der Waals surface area (Å²) in [4.78, 5) is 12.3. The summed E-state index contributed by atoms with van der Waals surface area (Å²) in [6.45, 7) is 6.21. The van der Waals surface area contributed by atoms with Crippen molar-refractivity contribution < 1.29 is 9.47 Å². The maximum Gasteiger partial charge on any atom is 0.295 e. The molecule has 0 amide bonds. The first-order valence-corrected chi connectivity index (χ1v) is 7.98. The van der Waals surface area contributed by atoms with Gasteiger partial charge >= 0.3 is 0 Å².